The van der Waals surface area contributed by atoms with Gasteiger partial charge in [-0.1, -0.05) is 29.8 Å². The number of hydrogen-bond donors (Lipinski definition) is 2. The number of halogens is 1. The Bertz CT molecular complexity index is 1370. The minimum atomic E-state index is -0.0570. The first-order chi connectivity index (χ1) is 17.4. The largest absolute Gasteiger partial charge is 0.503 e. The van der Waals surface area contributed by atoms with Crippen molar-refractivity contribution in [2.75, 3.05) is 39.6 Å². The topological polar surface area (TPSA) is 60.9 Å². The first kappa shape index (κ1) is 24.4. The van der Waals surface area contributed by atoms with Crippen LogP contribution < -0.4 is 10.1 Å². The van der Waals surface area contributed by atoms with Crippen LogP contribution in [0.4, 0.5) is 11.4 Å². The Morgan fingerprint density at radius 3 is 2.61 bits per heavy atom. The van der Waals surface area contributed by atoms with Crippen molar-refractivity contribution in [1.82, 2.24) is 14.8 Å². The molecule has 5 rings (SSSR count). The van der Waals surface area contributed by atoms with E-state index in [0.717, 1.165) is 53.0 Å². The summed E-state index contributed by atoms with van der Waals surface area (Å²) in [5.41, 5.74) is 6.02. The number of likely N-dealkylation sites (N-methyl/N-ethyl adjacent to an activating group) is 1. The molecular formula is C29H31ClN4O2. The molecule has 7 heteroatoms. The van der Waals surface area contributed by atoms with Gasteiger partial charge in [0.2, 0.25) is 0 Å². The van der Waals surface area contributed by atoms with E-state index in [9.17, 15) is 5.11 Å². The van der Waals surface area contributed by atoms with Crippen molar-refractivity contribution >= 4 is 33.9 Å². The van der Waals surface area contributed by atoms with Crippen LogP contribution in [0.2, 0.25) is 5.02 Å². The third kappa shape index (κ3) is 5.12. The van der Waals surface area contributed by atoms with Gasteiger partial charge >= 0.3 is 0 Å². The van der Waals surface area contributed by atoms with Gasteiger partial charge in [0.05, 0.1) is 17.6 Å². The van der Waals surface area contributed by atoms with Gasteiger partial charge in [-0.3, -0.25) is 9.88 Å². The molecule has 1 unspecified atom stereocenters. The lowest BCUT2D eigenvalue weighted by Gasteiger charge is -2.20. The number of nitrogens with one attached hydrogen (secondary N) is 1. The van der Waals surface area contributed by atoms with E-state index < -0.39 is 0 Å². The number of phenols is 1. The lowest BCUT2D eigenvalue weighted by atomic mass is 10.0. The Balaban J connectivity index is 1.37. The summed E-state index contributed by atoms with van der Waals surface area (Å²) in [4.78, 5) is 9.38. The van der Waals surface area contributed by atoms with E-state index in [0.29, 0.717) is 11.8 Å². The monoisotopic (exact) mass is 502 g/mol. The number of aromatic hydroxyl groups is 1. The van der Waals surface area contributed by atoms with Gasteiger partial charge in [-0.05, 0) is 79.7 Å². The van der Waals surface area contributed by atoms with Crippen LogP contribution in [0.15, 0.2) is 66.9 Å². The molecule has 1 saturated heterocycles. The third-order valence-corrected chi connectivity index (χ3v) is 7.23. The van der Waals surface area contributed by atoms with Crippen molar-refractivity contribution in [2.45, 2.75) is 19.0 Å². The van der Waals surface area contributed by atoms with Crippen LogP contribution in [0.25, 0.3) is 22.0 Å². The molecule has 0 amide bonds. The molecule has 36 heavy (non-hydrogen) atoms. The Morgan fingerprint density at radius 2 is 1.89 bits per heavy atom. The molecule has 1 atom stereocenters. The summed E-state index contributed by atoms with van der Waals surface area (Å²) in [5.74, 6) is 0.284. The molecule has 6 nitrogen and oxygen atoms in total. The van der Waals surface area contributed by atoms with E-state index in [1.807, 2.05) is 24.4 Å². The molecule has 4 aromatic rings. The molecular weight excluding hydrogens is 472 g/mol. The highest BCUT2D eigenvalue weighted by molar-refractivity contribution is 6.32. The van der Waals surface area contributed by atoms with Crippen LogP contribution in [0.1, 0.15) is 12.0 Å². The average molecular weight is 503 g/mol. The van der Waals surface area contributed by atoms with Gasteiger partial charge in [-0.2, -0.15) is 0 Å². The quantitative estimate of drug-likeness (QED) is 0.316. The maximum atomic E-state index is 10.1. The minimum absolute atomic E-state index is 0.0570. The average Bonchev–Trinajstić information content (AvgIpc) is 3.36. The number of fused-ring (bicyclic) bond motifs is 1. The van der Waals surface area contributed by atoms with E-state index in [1.165, 1.54) is 19.1 Å². The van der Waals surface area contributed by atoms with E-state index in [2.05, 4.69) is 64.5 Å². The maximum Gasteiger partial charge on any atom is 0.176 e. The van der Waals surface area contributed by atoms with Crippen LogP contribution in [0.5, 0.6) is 11.5 Å². The summed E-state index contributed by atoms with van der Waals surface area (Å²) >= 11 is 6.23. The number of pyridine rings is 1. The predicted octanol–water partition coefficient (Wildman–Crippen LogP) is 6.15. The second-order valence-corrected chi connectivity index (χ2v) is 9.97. The SMILES string of the molecule is COc1cc(-c2ccc3nccc(Nc4ccc(CN5CCC(N(C)C)C5)cc4)c3c2)cc(Cl)c1O. The third-order valence-electron chi connectivity index (χ3n) is 6.94. The number of hydrogen-bond acceptors (Lipinski definition) is 6. The fourth-order valence-electron chi connectivity index (χ4n) is 4.82. The number of aromatic nitrogens is 1. The second kappa shape index (κ2) is 10.3. The molecule has 1 aliphatic rings. The fourth-order valence-corrected chi connectivity index (χ4v) is 5.03. The van der Waals surface area contributed by atoms with Gasteiger partial charge in [0.25, 0.3) is 0 Å². The summed E-state index contributed by atoms with van der Waals surface area (Å²) in [6, 6.07) is 20.9. The number of ether oxygens (including phenoxy) is 1. The van der Waals surface area contributed by atoms with Crippen LogP contribution >= 0.6 is 11.6 Å². The van der Waals surface area contributed by atoms with Gasteiger partial charge in [0, 0.05) is 48.6 Å². The second-order valence-electron chi connectivity index (χ2n) is 9.56. The van der Waals surface area contributed by atoms with Crippen LogP contribution in [-0.4, -0.2) is 60.2 Å². The van der Waals surface area contributed by atoms with Crippen molar-refractivity contribution < 1.29 is 9.84 Å². The van der Waals surface area contributed by atoms with Crippen LogP contribution in [-0.2, 0) is 6.54 Å². The molecule has 0 bridgehead atoms. The van der Waals surface area contributed by atoms with Gasteiger partial charge in [0.15, 0.2) is 11.5 Å². The number of methoxy groups -OCH3 is 1. The standard InChI is InChI=1S/C29H31ClN4O2/c1-33(2)23-11-13-34(18-23)17-19-4-7-22(8-5-19)32-27-10-12-31-26-9-6-20(14-24(26)27)21-15-25(30)29(35)28(16-21)36-3/h4-10,12,14-16,23,35H,11,13,17-18H2,1-3H3,(H,31,32). The lowest BCUT2D eigenvalue weighted by molar-refractivity contribution is 0.264. The summed E-state index contributed by atoms with van der Waals surface area (Å²) in [6.07, 6.45) is 3.04. The van der Waals surface area contributed by atoms with Crippen molar-refractivity contribution in [1.29, 1.82) is 0 Å². The van der Waals surface area contributed by atoms with Gasteiger partial charge in [0.1, 0.15) is 0 Å². The zero-order valence-electron chi connectivity index (χ0n) is 20.8. The first-order valence-electron chi connectivity index (χ1n) is 12.1. The smallest absolute Gasteiger partial charge is 0.176 e. The zero-order chi connectivity index (χ0) is 25.2. The molecule has 2 heterocycles. The summed E-state index contributed by atoms with van der Waals surface area (Å²) in [7, 11) is 5.84. The maximum absolute atomic E-state index is 10.1. The summed E-state index contributed by atoms with van der Waals surface area (Å²) in [6.45, 7) is 3.24. The van der Waals surface area contributed by atoms with Crippen LogP contribution in [0.3, 0.4) is 0 Å². The van der Waals surface area contributed by atoms with Crippen LogP contribution in [0, 0.1) is 0 Å². The Morgan fingerprint density at radius 1 is 1.08 bits per heavy atom. The van der Waals surface area contributed by atoms with Gasteiger partial charge < -0.3 is 20.1 Å². The van der Waals surface area contributed by atoms with Crippen molar-refractivity contribution in [3.05, 3.63) is 77.4 Å². The molecule has 186 valence electrons. The molecule has 0 saturated carbocycles. The number of nitrogens with zero attached hydrogens (tertiary/aromatic N) is 3. The Hall–Kier alpha value is -3.32. The van der Waals surface area contributed by atoms with Crippen molar-refractivity contribution in [3.8, 4) is 22.6 Å². The lowest BCUT2D eigenvalue weighted by Crippen LogP contribution is -2.31. The normalized spacial score (nSPS) is 16.1. The number of phenolic OH excluding ortho intramolecular Hbond substituents is 1. The summed E-state index contributed by atoms with van der Waals surface area (Å²) < 4.78 is 5.28. The fraction of sp³-hybridized carbons (Fsp3) is 0.276. The first-order valence-corrected chi connectivity index (χ1v) is 12.5. The zero-order valence-corrected chi connectivity index (χ0v) is 21.6. The number of likely N-dealkylation sites (tertiary alicyclic amines) is 1. The number of rotatable bonds is 7. The molecule has 0 aliphatic carbocycles. The molecule has 1 fully saturated rings. The highest BCUT2D eigenvalue weighted by atomic mass is 35.5. The number of benzene rings is 3. The molecule has 0 spiro atoms. The van der Waals surface area contributed by atoms with E-state index >= 15 is 0 Å². The van der Waals surface area contributed by atoms with Gasteiger partial charge in [-0.25, -0.2) is 0 Å². The molecule has 2 N–H and O–H groups in total. The molecule has 0 radical (unpaired) electrons. The Kier molecular flexibility index (Phi) is 7.01. The van der Waals surface area contributed by atoms with E-state index in [1.54, 1.807) is 12.1 Å². The highest BCUT2D eigenvalue weighted by Crippen LogP contribution is 2.39. The summed E-state index contributed by atoms with van der Waals surface area (Å²) in [5, 5.41) is 14.9. The van der Waals surface area contributed by atoms with E-state index in [-0.39, 0.29) is 10.8 Å². The molecule has 1 aromatic heterocycles. The predicted molar refractivity (Wildman–Crippen MR) is 147 cm³/mol. The highest BCUT2D eigenvalue weighted by Gasteiger charge is 2.23. The Labute approximate surface area is 217 Å². The molecule has 3 aromatic carbocycles. The molecule has 1 aliphatic heterocycles. The van der Waals surface area contributed by atoms with Crippen molar-refractivity contribution in [2.24, 2.45) is 0 Å². The van der Waals surface area contributed by atoms with E-state index in [4.69, 9.17) is 16.3 Å². The minimum Gasteiger partial charge on any atom is -0.503 e. The number of anilines is 2. The van der Waals surface area contributed by atoms with Crippen molar-refractivity contribution in [3.63, 3.8) is 0 Å². The van der Waals surface area contributed by atoms with Gasteiger partial charge in [-0.15, -0.1) is 0 Å².